The fourth-order valence-corrected chi connectivity index (χ4v) is 4.49. The molecule has 2 aliphatic rings. The summed E-state index contributed by atoms with van der Waals surface area (Å²) in [7, 11) is 0. The first-order valence-corrected chi connectivity index (χ1v) is 8.86. The van der Waals surface area contributed by atoms with E-state index in [0.717, 1.165) is 37.7 Å². The molecule has 4 nitrogen and oxygen atoms in total. The number of hydrogen-bond donors (Lipinski definition) is 2. The molecule has 132 valence electrons. The maximum atomic E-state index is 13.5. The third-order valence-corrected chi connectivity index (χ3v) is 5.82. The molecule has 1 aromatic carbocycles. The van der Waals surface area contributed by atoms with Crippen LogP contribution in [0.5, 0.6) is 0 Å². The Morgan fingerprint density at radius 1 is 1.25 bits per heavy atom. The number of hydrogen-bond acceptors (Lipinski definition) is 3. The van der Waals surface area contributed by atoms with E-state index in [-0.39, 0.29) is 24.3 Å². The van der Waals surface area contributed by atoms with E-state index < -0.39 is 11.4 Å². The van der Waals surface area contributed by atoms with Gasteiger partial charge in [0.2, 0.25) is 0 Å². The van der Waals surface area contributed by atoms with Gasteiger partial charge >= 0.3 is 5.97 Å². The van der Waals surface area contributed by atoms with Gasteiger partial charge in [0.1, 0.15) is 5.82 Å². The zero-order valence-corrected chi connectivity index (χ0v) is 14.0. The minimum absolute atomic E-state index is 0.0289. The van der Waals surface area contributed by atoms with Crippen molar-refractivity contribution in [2.24, 2.45) is 11.3 Å². The largest absolute Gasteiger partial charge is 0.481 e. The summed E-state index contributed by atoms with van der Waals surface area (Å²) in [6, 6.07) is 6.55. The van der Waals surface area contributed by atoms with Crippen LogP contribution in [0.25, 0.3) is 0 Å². The van der Waals surface area contributed by atoms with Crippen LogP contribution in [-0.4, -0.2) is 47.3 Å². The molecule has 0 bridgehead atoms. The summed E-state index contributed by atoms with van der Waals surface area (Å²) in [6.07, 6.45) is 4.51. The van der Waals surface area contributed by atoms with Gasteiger partial charge < -0.3 is 15.1 Å². The van der Waals surface area contributed by atoms with Gasteiger partial charge in [-0.25, -0.2) is 4.39 Å². The standard InChI is InChI=1S/C19H26FNO3/c20-16-6-4-5-14(9-16)17-11-21(10-15(17)12-22)13-19(18(23)24)7-2-1-3-8-19/h4-6,9,15,17,22H,1-3,7-8,10-13H2,(H,23,24)/t15-,17-/m0/s1. The number of benzene rings is 1. The lowest BCUT2D eigenvalue weighted by Crippen LogP contribution is -2.44. The first-order chi connectivity index (χ1) is 11.5. The maximum Gasteiger partial charge on any atom is 0.310 e. The summed E-state index contributed by atoms with van der Waals surface area (Å²) in [5, 5.41) is 19.5. The quantitative estimate of drug-likeness (QED) is 0.869. The van der Waals surface area contributed by atoms with Crippen molar-refractivity contribution in [1.29, 1.82) is 0 Å². The number of nitrogens with zero attached hydrogens (tertiary/aromatic N) is 1. The molecular weight excluding hydrogens is 309 g/mol. The number of aliphatic hydroxyl groups is 1. The summed E-state index contributed by atoms with van der Waals surface area (Å²) >= 11 is 0. The number of aliphatic hydroxyl groups excluding tert-OH is 1. The van der Waals surface area contributed by atoms with E-state index in [0.29, 0.717) is 19.6 Å². The summed E-state index contributed by atoms with van der Waals surface area (Å²) in [5.41, 5.74) is 0.235. The molecule has 1 saturated heterocycles. The molecule has 0 radical (unpaired) electrons. The van der Waals surface area contributed by atoms with E-state index in [1.54, 1.807) is 6.07 Å². The van der Waals surface area contributed by atoms with Gasteiger partial charge in [0, 0.05) is 38.1 Å². The van der Waals surface area contributed by atoms with Crippen LogP contribution < -0.4 is 0 Å². The van der Waals surface area contributed by atoms with Crippen LogP contribution in [0.2, 0.25) is 0 Å². The maximum absolute atomic E-state index is 13.5. The van der Waals surface area contributed by atoms with Gasteiger partial charge in [0.15, 0.2) is 0 Å². The smallest absolute Gasteiger partial charge is 0.310 e. The van der Waals surface area contributed by atoms with E-state index in [1.165, 1.54) is 12.1 Å². The van der Waals surface area contributed by atoms with E-state index in [4.69, 9.17) is 0 Å². The molecule has 2 atom stereocenters. The van der Waals surface area contributed by atoms with Crippen molar-refractivity contribution < 1.29 is 19.4 Å². The second-order valence-corrected chi connectivity index (χ2v) is 7.44. The highest BCUT2D eigenvalue weighted by molar-refractivity contribution is 5.75. The topological polar surface area (TPSA) is 60.8 Å². The summed E-state index contributed by atoms with van der Waals surface area (Å²) in [5.74, 6) is -0.879. The molecule has 1 heterocycles. The van der Waals surface area contributed by atoms with Crippen molar-refractivity contribution in [3.8, 4) is 0 Å². The highest BCUT2D eigenvalue weighted by atomic mass is 19.1. The average Bonchev–Trinajstić information content (AvgIpc) is 2.98. The number of carboxylic acid groups (broad SMARTS) is 1. The fraction of sp³-hybridized carbons (Fsp3) is 0.632. The molecule has 1 aliphatic heterocycles. The van der Waals surface area contributed by atoms with Gasteiger partial charge in [-0.15, -0.1) is 0 Å². The van der Waals surface area contributed by atoms with Gasteiger partial charge in [-0.05, 0) is 30.5 Å². The Kier molecular flexibility index (Phi) is 5.21. The molecule has 1 saturated carbocycles. The van der Waals surface area contributed by atoms with Crippen molar-refractivity contribution in [1.82, 2.24) is 4.90 Å². The van der Waals surface area contributed by atoms with Crippen LogP contribution in [-0.2, 0) is 4.79 Å². The zero-order valence-electron chi connectivity index (χ0n) is 14.0. The van der Waals surface area contributed by atoms with Crippen LogP contribution in [0.1, 0.15) is 43.6 Å². The second kappa shape index (κ2) is 7.19. The van der Waals surface area contributed by atoms with Crippen LogP contribution in [0.3, 0.4) is 0 Å². The molecule has 0 aromatic heterocycles. The molecule has 0 spiro atoms. The lowest BCUT2D eigenvalue weighted by Gasteiger charge is -2.36. The molecule has 2 N–H and O–H groups in total. The number of rotatable bonds is 5. The minimum atomic E-state index is -0.697. The first kappa shape index (κ1) is 17.4. The Balaban J connectivity index is 1.75. The summed E-state index contributed by atoms with van der Waals surface area (Å²) < 4.78 is 13.5. The minimum Gasteiger partial charge on any atom is -0.481 e. The molecule has 3 rings (SSSR count). The summed E-state index contributed by atoms with van der Waals surface area (Å²) in [6.45, 7) is 1.93. The number of likely N-dealkylation sites (tertiary alicyclic amines) is 1. The van der Waals surface area contributed by atoms with Gasteiger partial charge in [-0.1, -0.05) is 31.4 Å². The van der Waals surface area contributed by atoms with E-state index in [2.05, 4.69) is 4.90 Å². The lowest BCUT2D eigenvalue weighted by molar-refractivity contribution is -0.152. The van der Waals surface area contributed by atoms with Crippen LogP contribution in [0, 0.1) is 17.2 Å². The van der Waals surface area contributed by atoms with Gasteiger partial charge in [0.05, 0.1) is 5.41 Å². The molecule has 2 fully saturated rings. The second-order valence-electron chi connectivity index (χ2n) is 7.44. The number of halogens is 1. The predicted molar refractivity (Wildman–Crippen MR) is 89.3 cm³/mol. The normalized spacial score (nSPS) is 27.2. The molecule has 5 heteroatoms. The highest BCUT2D eigenvalue weighted by Gasteiger charge is 2.44. The fourth-order valence-electron chi connectivity index (χ4n) is 4.49. The summed E-state index contributed by atoms with van der Waals surface area (Å²) in [4.78, 5) is 14.0. The predicted octanol–water partition coefficient (Wildman–Crippen LogP) is 2.87. The monoisotopic (exact) mass is 335 g/mol. The number of carbonyl (C=O) groups is 1. The Morgan fingerprint density at radius 3 is 2.62 bits per heavy atom. The van der Waals surface area contributed by atoms with E-state index >= 15 is 0 Å². The van der Waals surface area contributed by atoms with Gasteiger partial charge in [-0.3, -0.25) is 4.79 Å². The Morgan fingerprint density at radius 2 is 2.00 bits per heavy atom. The van der Waals surface area contributed by atoms with E-state index in [1.807, 2.05) is 6.07 Å². The van der Waals surface area contributed by atoms with Crippen LogP contribution in [0.15, 0.2) is 24.3 Å². The molecule has 0 amide bonds. The van der Waals surface area contributed by atoms with Crippen molar-refractivity contribution in [3.05, 3.63) is 35.6 Å². The Hall–Kier alpha value is -1.46. The SMILES string of the molecule is O=C(O)C1(CN2C[C@@H](CO)[C@H](c3cccc(F)c3)C2)CCCCC1. The third kappa shape index (κ3) is 3.47. The molecule has 0 unspecified atom stereocenters. The Labute approximate surface area is 142 Å². The first-order valence-electron chi connectivity index (χ1n) is 8.86. The lowest BCUT2D eigenvalue weighted by atomic mass is 9.73. The molecule has 1 aliphatic carbocycles. The van der Waals surface area contributed by atoms with Crippen LogP contribution >= 0.6 is 0 Å². The van der Waals surface area contributed by atoms with Crippen LogP contribution in [0.4, 0.5) is 4.39 Å². The molecule has 24 heavy (non-hydrogen) atoms. The highest BCUT2D eigenvalue weighted by Crippen LogP contribution is 2.40. The van der Waals surface area contributed by atoms with Crippen molar-refractivity contribution in [2.75, 3.05) is 26.2 Å². The average molecular weight is 335 g/mol. The Bertz CT molecular complexity index is 586. The number of carboxylic acids is 1. The van der Waals surface area contributed by atoms with Crippen molar-refractivity contribution in [3.63, 3.8) is 0 Å². The zero-order chi connectivity index (χ0) is 17.2. The van der Waals surface area contributed by atoms with Crippen molar-refractivity contribution >= 4 is 5.97 Å². The van der Waals surface area contributed by atoms with Gasteiger partial charge in [-0.2, -0.15) is 0 Å². The molecule has 1 aromatic rings. The third-order valence-electron chi connectivity index (χ3n) is 5.82. The van der Waals surface area contributed by atoms with E-state index in [9.17, 15) is 19.4 Å². The molecular formula is C19H26FNO3. The number of aliphatic carboxylic acids is 1. The van der Waals surface area contributed by atoms with Gasteiger partial charge in [0.25, 0.3) is 0 Å². The van der Waals surface area contributed by atoms with Crippen molar-refractivity contribution in [2.45, 2.75) is 38.0 Å².